The van der Waals surface area contributed by atoms with Crippen LogP contribution in [0.25, 0.3) is 0 Å². The number of alkyl halides is 1. The molecule has 0 rings (SSSR count). The van der Waals surface area contributed by atoms with Crippen molar-refractivity contribution in [3.8, 4) is 0 Å². The molecule has 0 aromatic carbocycles. The molecule has 0 atom stereocenters. The topological polar surface area (TPSA) is 64.6 Å². The predicted molar refractivity (Wildman–Crippen MR) is 91.1 cm³/mol. The number of quaternary nitrogens is 1. The molecule has 0 aliphatic carbocycles. The van der Waals surface area contributed by atoms with E-state index in [1.807, 2.05) is 27.9 Å². The highest BCUT2D eigenvalue weighted by Gasteiger charge is 2.15. The largest absolute Gasteiger partial charge is 0.489 e. The molecule has 0 heterocycles. The Hall–Kier alpha value is -1.11. The number of ketones is 1. The summed E-state index contributed by atoms with van der Waals surface area (Å²) in [4.78, 5) is 23.4. The van der Waals surface area contributed by atoms with Crippen LogP contribution in [0.3, 0.4) is 0 Å². The number of nitrogens with zero attached hydrogens (tertiary/aromatic N) is 1. The molecular weight excluding hydrogens is 320 g/mol. The van der Waals surface area contributed by atoms with Gasteiger partial charge in [-0.25, -0.2) is 0 Å². The number of halogens is 1. The van der Waals surface area contributed by atoms with Gasteiger partial charge in [-0.2, -0.15) is 0 Å². The van der Waals surface area contributed by atoms with Crippen LogP contribution in [-0.2, 0) is 19.1 Å². The number of hydrogen-bond donors (Lipinski definition) is 1. The van der Waals surface area contributed by atoms with Crippen LogP contribution in [0.5, 0.6) is 0 Å². The summed E-state index contributed by atoms with van der Waals surface area (Å²) in [5.74, 6) is -0.589. The molecular formula is C16H30ClN2O4+. The summed E-state index contributed by atoms with van der Waals surface area (Å²) < 4.78 is 10.9. The number of rotatable bonds is 13. The highest BCUT2D eigenvalue weighted by Crippen LogP contribution is 2.04. The summed E-state index contributed by atoms with van der Waals surface area (Å²) in [5, 5.41) is 3.17. The summed E-state index contributed by atoms with van der Waals surface area (Å²) >= 11 is 5.77. The molecule has 23 heavy (non-hydrogen) atoms. The molecule has 7 heteroatoms. The third-order valence-corrected chi connectivity index (χ3v) is 3.73. The maximum absolute atomic E-state index is 11.8. The van der Waals surface area contributed by atoms with Gasteiger partial charge in [-0.15, -0.1) is 0 Å². The van der Waals surface area contributed by atoms with Crippen LogP contribution >= 0.6 is 11.6 Å². The Balaban J connectivity index is 3.82. The maximum atomic E-state index is 11.8. The lowest BCUT2D eigenvalue weighted by atomic mass is 10.2. The molecule has 0 radical (unpaired) electrons. The van der Waals surface area contributed by atoms with Crippen LogP contribution in [0.4, 0.5) is 0 Å². The first-order valence-electron chi connectivity index (χ1n) is 7.80. The molecule has 0 bridgehead atoms. The molecule has 0 saturated heterocycles. The summed E-state index contributed by atoms with van der Waals surface area (Å²) in [6.07, 6.45) is 0.0722. The molecule has 1 N–H and O–H groups in total. The fourth-order valence-corrected chi connectivity index (χ4v) is 1.62. The summed E-state index contributed by atoms with van der Waals surface area (Å²) in [7, 11) is 3.89. The van der Waals surface area contributed by atoms with Gasteiger partial charge in [-0.05, 0) is 0 Å². The molecule has 0 aromatic rings. The SMILES string of the molecule is C=C(OCCNC(C)C)C(=O)CCC(=O)OCC[N+](C)(C)CCl. The third kappa shape index (κ3) is 12.0. The van der Waals surface area contributed by atoms with Gasteiger partial charge >= 0.3 is 5.97 Å². The fourth-order valence-electron chi connectivity index (χ4n) is 1.50. The number of nitrogens with one attached hydrogen (secondary N) is 1. The lowest BCUT2D eigenvalue weighted by Gasteiger charge is -2.26. The number of likely N-dealkylation sites (N-methyl/N-ethyl adjacent to an activating group) is 1. The van der Waals surface area contributed by atoms with Gasteiger partial charge in [-0.3, -0.25) is 9.59 Å². The van der Waals surface area contributed by atoms with Crippen LogP contribution in [-0.4, -0.2) is 68.7 Å². The van der Waals surface area contributed by atoms with E-state index in [0.29, 0.717) is 36.2 Å². The highest BCUT2D eigenvalue weighted by atomic mass is 35.5. The van der Waals surface area contributed by atoms with Crippen molar-refractivity contribution >= 4 is 23.4 Å². The Morgan fingerprint density at radius 2 is 1.83 bits per heavy atom. The van der Waals surface area contributed by atoms with Crippen LogP contribution in [0, 0.1) is 0 Å². The average molecular weight is 350 g/mol. The molecule has 0 fully saturated rings. The van der Waals surface area contributed by atoms with Crippen LogP contribution in [0.15, 0.2) is 12.3 Å². The summed E-state index contributed by atoms with van der Waals surface area (Å²) in [6, 6.07) is 0.804. The van der Waals surface area contributed by atoms with Crippen molar-refractivity contribution in [1.29, 1.82) is 0 Å². The first-order valence-corrected chi connectivity index (χ1v) is 8.33. The number of carbonyl (C=O) groups is 2. The number of hydrogen-bond acceptors (Lipinski definition) is 5. The van der Waals surface area contributed by atoms with E-state index in [-0.39, 0.29) is 31.0 Å². The molecule has 0 saturated carbocycles. The number of carbonyl (C=O) groups excluding carboxylic acids is 2. The predicted octanol–water partition coefficient (Wildman–Crippen LogP) is 1.68. The Morgan fingerprint density at radius 3 is 2.39 bits per heavy atom. The van der Waals surface area contributed by atoms with Gasteiger partial charge < -0.3 is 19.3 Å². The molecule has 0 aliphatic heterocycles. The minimum Gasteiger partial charge on any atom is -0.489 e. The number of esters is 1. The van der Waals surface area contributed by atoms with E-state index in [4.69, 9.17) is 21.1 Å². The van der Waals surface area contributed by atoms with Gasteiger partial charge in [0.2, 0.25) is 0 Å². The van der Waals surface area contributed by atoms with Gasteiger partial charge in [0.25, 0.3) is 0 Å². The standard InChI is InChI=1S/C16H30ClN2O4/c1-13(2)18-8-10-22-14(3)15(20)6-7-16(21)23-11-9-19(4,5)12-17/h13,18H,3,6-12H2,1-2,4-5H3/q+1. The first kappa shape index (κ1) is 21.9. The summed E-state index contributed by atoms with van der Waals surface area (Å²) in [5.41, 5.74) is 0. The van der Waals surface area contributed by atoms with E-state index in [0.717, 1.165) is 0 Å². The molecule has 0 unspecified atom stereocenters. The van der Waals surface area contributed by atoms with E-state index >= 15 is 0 Å². The van der Waals surface area contributed by atoms with Gasteiger partial charge in [-0.1, -0.05) is 32.0 Å². The summed E-state index contributed by atoms with van der Waals surface area (Å²) in [6.45, 7) is 9.56. The lowest BCUT2D eigenvalue weighted by Crippen LogP contribution is -2.41. The first-order chi connectivity index (χ1) is 10.7. The molecule has 0 aliphatic rings. The van der Waals surface area contributed by atoms with Gasteiger partial charge in [0, 0.05) is 19.0 Å². The van der Waals surface area contributed by atoms with Gasteiger partial charge in [0.1, 0.15) is 19.8 Å². The van der Waals surface area contributed by atoms with E-state index in [1.54, 1.807) is 0 Å². The number of Topliss-reactive ketones (excluding diaryl/α,β-unsaturated/α-hetero) is 1. The monoisotopic (exact) mass is 349 g/mol. The van der Waals surface area contributed by atoms with Crippen LogP contribution in [0.2, 0.25) is 0 Å². The average Bonchev–Trinajstić information content (AvgIpc) is 2.48. The number of ether oxygens (including phenoxy) is 2. The minimum absolute atomic E-state index is 0.0275. The maximum Gasteiger partial charge on any atom is 0.306 e. The fraction of sp³-hybridized carbons (Fsp3) is 0.750. The van der Waals surface area contributed by atoms with E-state index in [9.17, 15) is 9.59 Å². The molecule has 6 nitrogen and oxygen atoms in total. The number of allylic oxidation sites excluding steroid dienone is 1. The van der Waals surface area contributed by atoms with Crippen LogP contribution in [0.1, 0.15) is 26.7 Å². The Kier molecular flexibility index (Phi) is 10.9. The Morgan fingerprint density at radius 1 is 1.17 bits per heavy atom. The van der Waals surface area contributed by atoms with Crippen molar-refractivity contribution in [2.75, 3.05) is 46.4 Å². The zero-order valence-corrected chi connectivity index (χ0v) is 15.4. The molecule has 0 amide bonds. The van der Waals surface area contributed by atoms with Gasteiger partial charge in [0.15, 0.2) is 17.5 Å². The van der Waals surface area contributed by atoms with Gasteiger partial charge in [0.05, 0.1) is 20.5 Å². The Labute approximate surface area is 144 Å². The van der Waals surface area contributed by atoms with E-state index < -0.39 is 5.97 Å². The molecule has 134 valence electrons. The second kappa shape index (κ2) is 11.4. The zero-order valence-electron chi connectivity index (χ0n) is 14.7. The lowest BCUT2D eigenvalue weighted by molar-refractivity contribution is -0.879. The third-order valence-electron chi connectivity index (χ3n) is 3.08. The van der Waals surface area contributed by atoms with Crippen LogP contribution < -0.4 is 5.32 Å². The second-order valence-corrected chi connectivity index (χ2v) is 6.54. The van der Waals surface area contributed by atoms with Crippen molar-refractivity contribution in [3.63, 3.8) is 0 Å². The minimum atomic E-state index is -0.401. The van der Waals surface area contributed by atoms with Crippen molar-refractivity contribution in [2.45, 2.75) is 32.7 Å². The van der Waals surface area contributed by atoms with E-state index in [2.05, 4.69) is 11.9 Å². The normalized spacial score (nSPS) is 11.4. The quantitative estimate of drug-likeness (QED) is 0.104. The smallest absolute Gasteiger partial charge is 0.306 e. The Bertz CT molecular complexity index is 398. The zero-order chi connectivity index (χ0) is 17.9. The van der Waals surface area contributed by atoms with Crippen molar-refractivity contribution in [1.82, 2.24) is 5.32 Å². The van der Waals surface area contributed by atoms with Crippen molar-refractivity contribution < 1.29 is 23.5 Å². The molecule has 0 aromatic heterocycles. The van der Waals surface area contributed by atoms with E-state index in [1.165, 1.54) is 0 Å². The molecule has 0 spiro atoms. The highest BCUT2D eigenvalue weighted by molar-refractivity contribution is 6.16. The van der Waals surface area contributed by atoms with Crippen molar-refractivity contribution in [2.24, 2.45) is 0 Å². The second-order valence-electron chi connectivity index (χ2n) is 6.30. The van der Waals surface area contributed by atoms with Crippen molar-refractivity contribution in [3.05, 3.63) is 12.3 Å².